The van der Waals surface area contributed by atoms with Gasteiger partial charge in [0.25, 0.3) is 5.91 Å². The van der Waals surface area contributed by atoms with E-state index in [0.29, 0.717) is 24.4 Å². The van der Waals surface area contributed by atoms with Gasteiger partial charge >= 0.3 is 0 Å². The van der Waals surface area contributed by atoms with Gasteiger partial charge in [-0.25, -0.2) is 0 Å². The van der Waals surface area contributed by atoms with Crippen molar-refractivity contribution < 1.29 is 14.0 Å². The highest BCUT2D eigenvalue weighted by atomic mass is 16.3. The number of nitrogens with zero attached hydrogens (tertiary/aromatic N) is 3. The number of fused-ring (bicyclic) bond motifs is 3. The van der Waals surface area contributed by atoms with Crippen LogP contribution in [-0.2, 0) is 11.3 Å². The lowest BCUT2D eigenvalue weighted by Gasteiger charge is -2.45. The van der Waals surface area contributed by atoms with Crippen LogP contribution in [0.4, 0.5) is 0 Å². The van der Waals surface area contributed by atoms with E-state index >= 15 is 0 Å². The van der Waals surface area contributed by atoms with E-state index in [1.54, 1.807) is 6.26 Å². The molecule has 2 aromatic rings. The zero-order valence-electron chi connectivity index (χ0n) is 20.6. The van der Waals surface area contributed by atoms with Crippen LogP contribution in [0.15, 0.2) is 22.8 Å². The fourth-order valence-corrected chi connectivity index (χ4v) is 5.44. The Morgan fingerprint density at radius 1 is 1.21 bits per heavy atom. The number of rotatable bonds is 9. The summed E-state index contributed by atoms with van der Waals surface area (Å²) in [4.78, 5) is 31.7. The van der Waals surface area contributed by atoms with E-state index in [0.717, 1.165) is 63.7 Å². The molecule has 7 nitrogen and oxygen atoms in total. The summed E-state index contributed by atoms with van der Waals surface area (Å²) < 4.78 is 7.55. The van der Waals surface area contributed by atoms with Crippen LogP contribution in [0.5, 0.6) is 0 Å². The molecule has 1 fully saturated rings. The van der Waals surface area contributed by atoms with Crippen LogP contribution in [0.25, 0.3) is 11.1 Å². The molecule has 2 amide bonds. The van der Waals surface area contributed by atoms with Gasteiger partial charge in [0.15, 0.2) is 5.58 Å². The number of unbranched alkanes of at least 4 members (excludes halogenated alkanes) is 1. The number of carbonyl (C=O) groups excluding carboxylic acids is 2. The predicted octanol–water partition coefficient (Wildman–Crippen LogP) is 4.41. The Hall–Kier alpha value is -2.28. The van der Waals surface area contributed by atoms with Gasteiger partial charge in [-0.2, -0.15) is 0 Å². The van der Waals surface area contributed by atoms with Gasteiger partial charge < -0.3 is 24.1 Å². The predicted molar refractivity (Wildman–Crippen MR) is 130 cm³/mol. The molecule has 0 bridgehead atoms. The second kappa shape index (κ2) is 10.3. The van der Waals surface area contributed by atoms with E-state index in [4.69, 9.17) is 4.42 Å². The molecule has 182 valence electrons. The molecule has 0 radical (unpaired) electrons. The van der Waals surface area contributed by atoms with Crippen molar-refractivity contribution in [3.63, 3.8) is 0 Å². The molecule has 4 rings (SSSR count). The van der Waals surface area contributed by atoms with E-state index < -0.39 is 5.54 Å². The van der Waals surface area contributed by atoms with Gasteiger partial charge in [0.1, 0.15) is 11.2 Å². The van der Waals surface area contributed by atoms with E-state index in [1.165, 1.54) is 12.8 Å². The van der Waals surface area contributed by atoms with E-state index in [2.05, 4.69) is 24.1 Å². The maximum atomic E-state index is 13.8. The number of aromatic nitrogens is 1. The number of amides is 2. The molecular weight excluding hydrogens is 416 g/mol. The molecule has 0 spiro atoms. The number of carbonyl (C=O) groups is 2. The molecule has 0 aromatic carbocycles. The molecule has 7 heteroatoms. The van der Waals surface area contributed by atoms with Gasteiger partial charge in [0.2, 0.25) is 5.91 Å². The van der Waals surface area contributed by atoms with Crippen LogP contribution in [0.3, 0.4) is 0 Å². The number of hydrogen-bond donors (Lipinski definition) is 1. The van der Waals surface area contributed by atoms with Crippen molar-refractivity contribution in [3.8, 4) is 0 Å². The first-order chi connectivity index (χ1) is 16.0. The summed E-state index contributed by atoms with van der Waals surface area (Å²) in [6.45, 7) is 10.00. The van der Waals surface area contributed by atoms with Crippen molar-refractivity contribution >= 4 is 22.9 Å². The van der Waals surface area contributed by atoms with E-state index in [9.17, 15) is 9.59 Å². The molecule has 0 unspecified atom stereocenters. The average molecular weight is 457 g/mol. The average Bonchev–Trinajstić information content (AvgIpc) is 3.30. The van der Waals surface area contributed by atoms with Crippen LogP contribution < -0.4 is 5.32 Å². The summed E-state index contributed by atoms with van der Waals surface area (Å²) >= 11 is 0. The summed E-state index contributed by atoms with van der Waals surface area (Å²) in [5.74, 6) is -0.118. The molecule has 1 saturated carbocycles. The topological polar surface area (TPSA) is 70.7 Å². The number of furan rings is 1. The Bertz CT molecular complexity index is 956. The first kappa shape index (κ1) is 23.9. The molecular formula is C26H40N4O3. The van der Waals surface area contributed by atoms with Crippen molar-refractivity contribution in [1.82, 2.24) is 19.7 Å². The Morgan fingerprint density at radius 2 is 1.97 bits per heavy atom. The maximum Gasteiger partial charge on any atom is 0.271 e. The molecule has 0 saturated heterocycles. The third kappa shape index (κ3) is 4.84. The Labute approximate surface area is 197 Å². The van der Waals surface area contributed by atoms with Gasteiger partial charge in [0, 0.05) is 31.3 Å². The molecule has 2 aliphatic rings. The normalized spacial score (nSPS) is 22.1. The number of hydrogen-bond acceptors (Lipinski definition) is 4. The van der Waals surface area contributed by atoms with Gasteiger partial charge in [-0.05, 0) is 39.3 Å². The van der Waals surface area contributed by atoms with Crippen LogP contribution in [-0.4, -0.2) is 63.9 Å². The smallest absolute Gasteiger partial charge is 0.271 e. The highest BCUT2D eigenvalue weighted by molar-refractivity contribution is 6.02. The number of likely N-dealkylation sites (N-methyl/N-ethyl adjacent to an activating group) is 1. The summed E-state index contributed by atoms with van der Waals surface area (Å²) in [5.41, 5.74) is 1.25. The summed E-state index contributed by atoms with van der Waals surface area (Å²) in [5, 5.41) is 3.34. The third-order valence-electron chi connectivity index (χ3n) is 7.64. The molecule has 33 heavy (non-hydrogen) atoms. The SMILES string of the molecule is CCCCN(CC)CCN1C(=O)c2cc3occc3n2C[C@]1(C)C(=O)NC1CCCCCC1. The van der Waals surface area contributed by atoms with Gasteiger partial charge in [-0.1, -0.05) is 46.0 Å². The Morgan fingerprint density at radius 3 is 2.67 bits per heavy atom. The second-order valence-corrected chi connectivity index (χ2v) is 9.97. The van der Waals surface area contributed by atoms with Crippen molar-refractivity contribution in [2.45, 2.75) is 90.3 Å². The standard InChI is InChI=1S/C26H40N4O3/c1-4-6-14-28(5-2)15-16-30-24(31)22-18-23-21(13-17-33-23)29(22)19-26(30,3)25(32)27-20-11-9-7-8-10-12-20/h13,17-18,20H,4-12,14-16,19H2,1-3H3,(H,27,32)/t26-/m1/s1. The fraction of sp³-hybridized carbons (Fsp3) is 0.692. The molecule has 3 heterocycles. The first-order valence-electron chi connectivity index (χ1n) is 12.9. The van der Waals surface area contributed by atoms with Gasteiger partial charge in [-0.15, -0.1) is 0 Å². The van der Waals surface area contributed by atoms with Gasteiger partial charge in [-0.3, -0.25) is 9.59 Å². The van der Waals surface area contributed by atoms with Crippen LogP contribution >= 0.6 is 0 Å². The van der Waals surface area contributed by atoms with Crippen molar-refractivity contribution in [1.29, 1.82) is 0 Å². The number of nitrogens with one attached hydrogen (secondary N) is 1. The van der Waals surface area contributed by atoms with E-state index in [-0.39, 0.29) is 17.9 Å². The summed E-state index contributed by atoms with van der Waals surface area (Å²) in [6, 6.07) is 3.90. The maximum absolute atomic E-state index is 13.8. The molecule has 1 N–H and O–H groups in total. The first-order valence-corrected chi connectivity index (χ1v) is 12.9. The minimum Gasteiger partial charge on any atom is -0.463 e. The summed E-state index contributed by atoms with van der Waals surface area (Å²) in [7, 11) is 0. The molecule has 1 aliphatic carbocycles. The minimum absolute atomic E-state index is 0.0321. The van der Waals surface area contributed by atoms with Crippen molar-refractivity contribution in [2.24, 2.45) is 0 Å². The largest absolute Gasteiger partial charge is 0.463 e. The Balaban J connectivity index is 1.60. The van der Waals surface area contributed by atoms with Crippen molar-refractivity contribution in [3.05, 3.63) is 24.1 Å². The Kier molecular flexibility index (Phi) is 7.47. The monoisotopic (exact) mass is 456 g/mol. The highest BCUT2D eigenvalue weighted by Gasteiger charge is 2.48. The minimum atomic E-state index is -0.941. The lowest BCUT2D eigenvalue weighted by Crippen LogP contribution is -2.65. The van der Waals surface area contributed by atoms with Crippen LogP contribution in [0.1, 0.15) is 82.6 Å². The summed E-state index contributed by atoms with van der Waals surface area (Å²) in [6.07, 6.45) is 10.8. The second-order valence-electron chi connectivity index (χ2n) is 9.97. The zero-order valence-corrected chi connectivity index (χ0v) is 20.6. The molecule has 1 aliphatic heterocycles. The third-order valence-corrected chi connectivity index (χ3v) is 7.64. The molecule has 2 aromatic heterocycles. The zero-order chi connectivity index (χ0) is 23.4. The quantitative estimate of drug-likeness (QED) is 0.568. The highest BCUT2D eigenvalue weighted by Crippen LogP contribution is 2.33. The van der Waals surface area contributed by atoms with Crippen molar-refractivity contribution in [2.75, 3.05) is 26.2 Å². The van der Waals surface area contributed by atoms with Gasteiger partial charge in [0.05, 0.1) is 18.3 Å². The molecule has 1 atom stereocenters. The van der Waals surface area contributed by atoms with E-state index in [1.807, 2.05) is 28.5 Å². The van der Waals surface area contributed by atoms with Crippen LogP contribution in [0.2, 0.25) is 0 Å². The lowest BCUT2D eigenvalue weighted by molar-refractivity contribution is -0.133. The fourth-order valence-electron chi connectivity index (χ4n) is 5.44. The lowest BCUT2D eigenvalue weighted by atomic mass is 9.93. The van der Waals surface area contributed by atoms with Crippen LogP contribution in [0, 0.1) is 0 Å².